The first-order valence-electron chi connectivity index (χ1n) is 4.57. The molecule has 0 aliphatic carbocycles. The van der Waals surface area contributed by atoms with Crippen LogP contribution < -0.4 is 0 Å². The molecule has 0 aliphatic heterocycles. The number of hydrogen-bond donors (Lipinski definition) is 0. The summed E-state index contributed by atoms with van der Waals surface area (Å²) in [5, 5.41) is 2.59. The van der Waals surface area contributed by atoms with Crippen LogP contribution in [-0.4, -0.2) is 0 Å². The van der Waals surface area contributed by atoms with Crippen LogP contribution in [0.4, 0.5) is 0 Å². The molecule has 2 aromatic rings. The summed E-state index contributed by atoms with van der Waals surface area (Å²) in [5.74, 6) is 0. The van der Waals surface area contributed by atoms with Crippen molar-refractivity contribution in [3.8, 4) is 0 Å². The Balaban J connectivity index is 2.94. The van der Waals surface area contributed by atoms with Crippen LogP contribution in [-0.2, 0) is 0 Å². The molecular weight excluding hydrogens is 156 g/mol. The predicted octanol–water partition coefficient (Wildman–Crippen LogP) is 3.57. The monoisotopic (exact) mass is 169 g/mol. The van der Waals surface area contributed by atoms with Crippen molar-refractivity contribution in [2.24, 2.45) is 0 Å². The maximum Gasteiger partial charge on any atom is -0.00642 e. The third-order valence-electron chi connectivity index (χ3n) is 2.45. The van der Waals surface area contributed by atoms with Crippen molar-refractivity contribution in [1.82, 2.24) is 0 Å². The Labute approximate surface area is 79.2 Å². The average molecular weight is 169 g/mol. The molecule has 0 atom stereocenters. The summed E-state index contributed by atoms with van der Waals surface area (Å²) in [4.78, 5) is 0. The number of aryl methyl sites for hydroxylation is 3. The van der Waals surface area contributed by atoms with Gasteiger partial charge in [0.2, 0.25) is 0 Å². The molecule has 0 heteroatoms. The second-order valence-electron chi connectivity index (χ2n) is 3.63. The topological polar surface area (TPSA) is 0 Å². The molecule has 1 radical (unpaired) electrons. The third-order valence-corrected chi connectivity index (χ3v) is 2.45. The zero-order chi connectivity index (χ0) is 9.42. The molecule has 0 heterocycles. The van der Waals surface area contributed by atoms with Crippen LogP contribution in [0.2, 0.25) is 0 Å². The first kappa shape index (κ1) is 8.31. The van der Waals surface area contributed by atoms with E-state index in [2.05, 4.69) is 51.1 Å². The normalized spacial score (nSPS) is 10.7. The largest absolute Gasteiger partial charge is 0.0614 e. The maximum atomic E-state index is 3.40. The predicted molar refractivity (Wildman–Crippen MR) is 57.0 cm³/mol. The van der Waals surface area contributed by atoms with Gasteiger partial charge < -0.3 is 0 Å². The SMILES string of the molecule is Cc1[c]c2c(C)cccc2c(C)c1. The lowest BCUT2D eigenvalue weighted by atomic mass is 9.99. The van der Waals surface area contributed by atoms with Crippen LogP contribution in [0.25, 0.3) is 10.8 Å². The molecule has 0 saturated carbocycles. The lowest BCUT2D eigenvalue weighted by Gasteiger charge is -2.05. The smallest absolute Gasteiger partial charge is 0.00642 e. The van der Waals surface area contributed by atoms with Crippen LogP contribution in [0.3, 0.4) is 0 Å². The molecule has 2 rings (SSSR count). The highest BCUT2D eigenvalue weighted by Crippen LogP contribution is 2.22. The minimum atomic E-state index is 1.22. The van der Waals surface area contributed by atoms with E-state index in [-0.39, 0.29) is 0 Å². The minimum absolute atomic E-state index is 1.22. The molecular formula is C13H13. The summed E-state index contributed by atoms with van der Waals surface area (Å²) >= 11 is 0. The van der Waals surface area contributed by atoms with E-state index in [1.807, 2.05) is 0 Å². The van der Waals surface area contributed by atoms with E-state index in [1.54, 1.807) is 0 Å². The highest BCUT2D eigenvalue weighted by molar-refractivity contribution is 5.88. The number of hydrogen-bond acceptors (Lipinski definition) is 0. The molecule has 0 aliphatic rings. The van der Waals surface area contributed by atoms with Crippen LogP contribution >= 0.6 is 0 Å². The quantitative estimate of drug-likeness (QED) is 0.565. The van der Waals surface area contributed by atoms with Gasteiger partial charge >= 0.3 is 0 Å². The average Bonchev–Trinajstić information content (AvgIpc) is 2.07. The lowest BCUT2D eigenvalue weighted by Crippen LogP contribution is -1.84. The first-order chi connectivity index (χ1) is 6.18. The molecule has 2 aromatic carbocycles. The van der Waals surface area contributed by atoms with E-state index in [1.165, 1.54) is 27.5 Å². The van der Waals surface area contributed by atoms with Crippen molar-refractivity contribution in [2.75, 3.05) is 0 Å². The van der Waals surface area contributed by atoms with E-state index >= 15 is 0 Å². The second-order valence-corrected chi connectivity index (χ2v) is 3.63. The maximum absolute atomic E-state index is 3.40. The van der Waals surface area contributed by atoms with E-state index in [4.69, 9.17) is 0 Å². The van der Waals surface area contributed by atoms with Gasteiger partial charge in [-0.25, -0.2) is 0 Å². The van der Waals surface area contributed by atoms with Crippen molar-refractivity contribution >= 4 is 10.8 Å². The summed E-state index contributed by atoms with van der Waals surface area (Å²) in [5.41, 5.74) is 3.87. The fraction of sp³-hybridized carbons (Fsp3) is 0.231. The van der Waals surface area contributed by atoms with Gasteiger partial charge in [0.15, 0.2) is 0 Å². The van der Waals surface area contributed by atoms with E-state index in [9.17, 15) is 0 Å². The molecule has 0 saturated heterocycles. The Morgan fingerprint density at radius 2 is 1.77 bits per heavy atom. The molecule has 0 nitrogen and oxygen atoms in total. The van der Waals surface area contributed by atoms with Gasteiger partial charge in [0.05, 0.1) is 0 Å². The fourth-order valence-electron chi connectivity index (χ4n) is 1.80. The van der Waals surface area contributed by atoms with E-state index in [0.717, 1.165) is 0 Å². The van der Waals surface area contributed by atoms with E-state index in [0.29, 0.717) is 0 Å². The van der Waals surface area contributed by atoms with Gasteiger partial charge in [0.25, 0.3) is 0 Å². The summed E-state index contributed by atoms with van der Waals surface area (Å²) in [6, 6.07) is 12.0. The number of rotatable bonds is 0. The van der Waals surface area contributed by atoms with Gasteiger partial charge in [-0.3, -0.25) is 0 Å². The molecule has 0 N–H and O–H groups in total. The van der Waals surface area contributed by atoms with Crippen LogP contribution in [0.15, 0.2) is 24.3 Å². The standard InChI is InChI=1S/C13H13/c1-9-7-11(3)12-6-4-5-10(2)13(12)8-9/h4-7H,1-3H3. The minimum Gasteiger partial charge on any atom is -0.0614 e. The first-order valence-corrected chi connectivity index (χ1v) is 4.57. The van der Waals surface area contributed by atoms with Crippen molar-refractivity contribution in [2.45, 2.75) is 20.8 Å². The van der Waals surface area contributed by atoms with Gasteiger partial charge in [-0.1, -0.05) is 24.3 Å². The van der Waals surface area contributed by atoms with Crippen LogP contribution in [0.5, 0.6) is 0 Å². The second kappa shape index (κ2) is 2.88. The molecule has 0 bridgehead atoms. The molecule has 65 valence electrons. The zero-order valence-corrected chi connectivity index (χ0v) is 8.31. The van der Waals surface area contributed by atoms with Crippen molar-refractivity contribution < 1.29 is 0 Å². The summed E-state index contributed by atoms with van der Waals surface area (Å²) in [7, 11) is 0. The van der Waals surface area contributed by atoms with E-state index < -0.39 is 0 Å². The third kappa shape index (κ3) is 1.33. The van der Waals surface area contributed by atoms with Crippen LogP contribution in [0.1, 0.15) is 16.7 Å². The molecule has 0 fully saturated rings. The number of benzene rings is 2. The Morgan fingerprint density at radius 3 is 2.54 bits per heavy atom. The number of fused-ring (bicyclic) bond motifs is 1. The summed E-state index contributed by atoms with van der Waals surface area (Å²) in [6.45, 7) is 6.39. The molecule has 13 heavy (non-hydrogen) atoms. The molecule has 0 unspecified atom stereocenters. The van der Waals surface area contributed by atoms with Gasteiger partial charge in [-0.2, -0.15) is 0 Å². The Hall–Kier alpha value is -1.30. The Bertz CT molecular complexity index is 453. The Morgan fingerprint density at radius 1 is 1.00 bits per heavy atom. The van der Waals surface area contributed by atoms with Gasteiger partial charge in [0, 0.05) is 0 Å². The lowest BCUT2D eigenvalue weighted by molar-refractivity contribution is 1.40. The van der Waals surface area contributed by atoms with Gasteiger partial charge in [0.1, 0.15) is 0 Å². The molecule has 0 amide bonds. The van der Waals surface area contributed by atoms with Crippen molar-refractivity contribution in [1.29, 1.82) is 0 Å². The zero-order valence-electron chi connectivity index (χ0n) is 8.31. The highest BCUT2D eigenvalue weighted by Gasteiger charge is 2.00. The van der Waals surface area contributed by atoms with Crippen molar-refractivity contribution in [3.63, 3.8) is 0 Å². The summed E-state index contributed by atoms with van der Waals surface area (Å²) in [6.07, 6.45) is 0. The highest BCUT2D eigenvalue weighted by atomic mass is 14.0. The molecule has 0 aromatic heterocycles. The van der Waals surface area contributed by atoms with Crippen molar-refractivity contribution in [3.05, 3.63) is 47.0 Å². The van der Waals surface area contributed by atoms with Gasteiger partial charge in [-0.15, -0.1) is 0 Å². The van der Waals surface area contributed by atoms with Crippen LogP contribution in [0, 0.1) is 26.8 Å². The molecule has 0 spiro atoms. The fourth-order valence-corrected chi connectivity index (χ4v) is 1.80. The van der Waals surface area contributed by atoms with Gasteiger partial charge in [-0.05, 0) is 54.3 Å². The Kier molecular flexibility index (Phi) is 1.84. The summed E-state index contributed by atoms with van der Waals surface area (Å²) < 4.78 is 0.